The smallest absolute Gasteiger partial charge is 0.236 e. The molecule has 102 valence electrons. The maximum Gasteiger partial charge on any atom is 0.236 e. The van der Waals surface area contributed by atoms with Gasteiger partial charge in [0.1, 0.15) is 12.6 Å². The van der Waals surface area contributed by atoms with E-state index in [2.05, 4.69) is 89.9 Å². The fraction of sp³-hybridized carbons (Fsp3) is 0.105. The highest BCUT2D eigenvalue weighted by Gasteiger charge is 2.18. The summed E-state index contributed by atoms with van der Waals surface area (Å²) in [5, 5.41) is 1.28. The number of fused-ring (bicyclic) bond motifs is 3. The van der Waals surface area contributed by atoms with Crippen molar-refractivity contribution in [1.82, 2.24) is 4.40 Å². The highest BCUT2D eigenvalue weighted by atomic mass is 15.0. The van der Waals surface area contributed by atoms with E-state index in [1.165, 1.54) is 33.2 Å². The lowest BCUT2D eigenvalue weighted by atomic mass is 10.0. The van der Waals surface area contributed by atoms with E-state index in [-0.39, 0.29) is 0 Å². The first-order valence-corrected chi connectivity index (χ1v) is 7.20. The summed E-state index contributed by atoms with van der Waals surface area (Å²) in [6.45, 7) is 2.17. The van der Waals surface area contributed by atoms with Gasteiger partial charge in [0, 0.05) is 5.39 Å². The molecule has 2 heterocycles. The van der Waals surface area contributed by atoms with Crippen LogP contribution in [0.15, 0.2) is 67.0 Å². The minimum atomic E-state index is 1.25. The molecule has 4 rings (SSSR count). The summed E-state index contributed by atoms with van der Waals surface area (Å²) in [7, 11) is 2.11. The number of aromatic nitrogens is 2. The Bertz CT molecular complexity index is 964. The first kappa shape index (κ1) is 12.2. The molecule has 0 saturated carbocycles. The number of hydrogen-bond acceptors (Lipinski definition) is 0. The van der Waals surface area contributed by atoms with Crippen LogP contribution in [0.5, 0.6) is 0 Å². The van der Waals surface area contributed by atoms with Gasteiger partial charge in [-0.15, -0.1) is 0 Å². The fourth-order valence-electron chi connectivity index (χ4n) is 3.11. The van der Waals surface area contributed by atoms with E-state index in [1.54, 1.807) is 0 Å². The van der Waals surface area contributed by atoms with Gasteiger partial charge >= 0.3 is 0 Å². The number of nitrogens with zero attached hydrogens (tertiary/aromatic N) is 2. The van der Waals surface area contributed by atoms with Crippen LogP contribution in [-0.2, 0) is 7.05 Å². The third-order valence-corrected chi connectivity index (χ3v) is 4.18. The van der Waals surface area contributed by atoms with Crippen LogP contribution in [0.2, 0.25) is 0 Å². The van der Waals surface area contributed by atoms with Crippen LogP contribution in [-0.4, -0.2) is 4.40 Å². The third-order valence-electron chi connectivity index (χ3n) is 4.18. The highest BCUT2D eigenvalue weighted by molar-refractivity contribution is 5.92. The minimum absolute atomic E-state index is 1.25. The van der Waals surface area contributed by atoms with Crippen molar-refractivity contribution in [3.63, 3.8) is 0 Å². The quantitative estimate of drug-likeness (QED) is 0.465. The molecule has 0 unspecified atom stereocenters. The molecular weight excluding hydrogens is 256 g/mol. The van der Waals surface area contributed by atoms with Crippen molar-refractivity contribution < 1.29 is 4.57 Å². The van der Waals surface area contributed by atoms with Crippen LogP contribution in [0, 0.1) is 6.92 Å². The van der Waals surface area contributed by atoms with Gasteiger partial charge in [-0.1, -0.05) is 36.4 Å². The van der Waals surface area contributed by atoms with Gasteiger partial charge in [-0.05, 0) is 30.7 Å². The average Bonchev–Trinajstić information content (AvgIpc) is 2.87. The Morgan fingerprint density at radius 1 is 0.905 bits per heavy atom. The average molecular weight is 273 g/mol. The molecule has 0 amide bonds. The minimum Gasteiger partial charge on any atom is -0.305 e. The Kier molecular flexibility index (Phi) is 2.58. The molecule has 0 spiro atoms. The first-order valence-electron chi connectivity index (χ1n) is 7.20. The Morgan fingerprint density at radius 3 is 2.52 bits per heavy atom. The zero-order valence-electron chi connectivity index (χ0n) is 12.2. The van der Waals surface area contributed by atoms with Gasteiger partial charge < -0.3 is 4.40 Å². The van der Waals surface area contributed by atoms with Crippen molar-refractivity contribution in [1.29, 1.82) is 0 Å². The molecule has 2 heteroatoms. The van der Waals surface area contributed by atoms with Gasteiger partial charge in [-0.25, -0.2) is 0 Å². The molecule has 0 bridgehead atoms. The van der Waals surface area contributed by atoms with Crippen molar-refractivity contribution in [2.45, 2.75) is 6.92 Å². The van der Waals surface area contributed by atoms with E-state index in [1.807, 2.05) is 0 Å². The van der Waals surface area contributed by atoms with Crippen LogP contribution in [0.3, 0.4) is 0 Å². The Hall–Kier alpha value is -2.61. The molecule has 2 aromatic heterocycles. The molecule has 2 aromatic carbocycles. The summed E-state index contributed by atoms with van der Waals surface area (Å²) in [6.07, 6.45) is 4.26. The normalized spacial score (nSPS) is 11.3. The lowest BCUT2D eigenvalue weighted by Crippen LogP contribution is -2.31. The van der Waals surface area contributed by atoms with Crippen molar-refractivity contribution >= 4 is 16.4 Å². The van der Waals surface area contributed by atoms with Gasteiger partial charge in [0.2, 0.25) is 5.69 Å². The molecule has 0 N–H and O–H groups in total. The predicted octanol–water partition coefficient (Wildman–Crippen LogP) is 3.89. The molecule has 0 aliphatic heterocycles. The van der Waals surface area contributed by atoms with E-state index in [9.17, 15) is 0 Å². The topological polar surface area (TPSA) is 8.29 Å². The predicted molar refractivity (Wildman–Crippen MR) is 86.3 cm³/mol. The lowest BCUT2D eigenvalue weighted by Gasteiger charge is -2.06. The van der Waals surface area contributed by atoms with Crippen LogP contribution < -0.4 is 4.57 Å². The molecular formula is C19H17N2+. The summed E-state index contributed by atoms with van der Waals surface area (Å²) >= 11 is 0. The molecule has 0 saturated heterocycles. The van der Waals surface area contributed by atoms with Gasteiger partial charge in [-0.3, -0.25) is 0 Å². The molecule has 0 aliphatic carbocycles. The molecule has 0 aliphatic rings. The van der Waals surface area contributed by atoms with Crippen molar-refractivity contribution in [3.05, 3.63) is 72.6 Å². The van der Waals surface area contributed by atoms with E-state index < -0.39 is 0 Å². The lowest BCUT2D eigenvalue weighted by molar-refractivity contribution is -0.659. The Balaban J connectivity index is 2.18. The summed E-state index contributed by atoms with van der Waals surface area (Å²) < 4.78 is 4.48. The maximum atomic E-state index is 2.27. The molecule has 0 atom stereocenters. The van der Waals surface area contributed by atoms with Crippen LogP contribution >= 0.6 is 0 Å². The monoisotopic (exact) mass is 273 g/mol. The largest absolute Gasteiger partial charge is 0.305 e. The second kappa shape index (κ2) is 4.45. The molecule has 2 nitrogen and oxygen atoms in total. The fourth-order valence-corrected chi connectivity index (χ4v) is 3.11. The van der Waals surface area contributed by atoms with Crippen LogP contribution in [0.25, 0.3) is 27.7 Å². The number of hydrogen-bond donors (Lipinski definition) is 0. The van der Waals surface area contributed by atoms with Crippen LogP contribution in [0.1, 0.15) is 5.56 Å². The zero-order valence-corrected chi connectivity index (χ0v) is 12.2. The number of benzene rings is 2. The first-order chi connectivity index (χ1) is 10.3. The Morgan fingerprint density at radius 2 is 1.67 bits per heavy atom. The van der Waals surface area contributed by atoms with Gasteiger partial charge in [-0.2, -0.15) is 4.57 Å². The van der Waals surface area contributed by atoms with Crippen LogP contribution in [0.4, 0.5) is 0 Å². The van der Waals surface area contributed by atoms with Gasteiger partial charge in [0.25, 0.3) is 0 Å². The van der Waals surface area contributed by atoms with Gasteiger partial charge in [0.15, 0.2) is 6.20 Å². The second-order valence-electron chi connectivity index (χ2n) is 5.53. The summed E-state index contributed by atoms with van der Waals surface area (Å²) in [5.41, 5.74) is 6.34. The van der Waals surface area contributed by atoms with Gasteiger partial charge in [0.05, 0.1) is 17.3 Å². The zero-order chi connectivity index (χ0) is 14.4. The third kappa shape index (κ3) is 1.76. The Labute approximate surface area is 123 Å². The molecule has 0 fully saturated rings. The van der Waals surface area contributed by atoms with Crippen molar-refractivity contribution in [2.75, 3.05) is 0 Å². The molecule has 21 heavy (non-hydrogen) atoms. The standard InChI is InChI=1S/C19H17N2/c1-14-7-3-5-9-16(14)19-18-13-15-8-4-6-10-17(15)21(18)12-11-20(19)2/h3-13H,1-2H3/q+1. The van der Waals surface area contributed by atoms with Crippen molar-refractivity contribution in [3.8, 4) is 11.3 Å². The summed E-state index contributed by atoms with van der Waals surface area (Å²) in [4.78, 5) is 0. The van der Waals surface area contributed by atoms with E-state index in [0.717, 1.165) is 0 Å². The van der Waals surface area contributed by atoms with Crippen molar-refractivity contribution in [2.24, 2.45) is 7.05 Å². The highest BCUT2D eigenvalue weighted by Crippen LogP contribution is 2.28. The maximum absolute atomic E-state index is 2.27. The second-order valence-corrected chi connectivity index (χ2v) is 5.53. The molecule has 0 radical (unpaired) electrons. The van der Waals surface area contributed by atoms with E-state index >= 15 is 0 Å². The number of aryl methyl sites for hydroxylation is 2. The summed E-state index contributed by atoms with van der Waals surface area (Å²) in [5.74, 6) is 0. The number of para-hydroxylation sites is 1. The summed E-state index contributed by atoms with van der Waals surface area (Å²) in [6, 6.07) is 19.4. The molecule has 4 aromatic rings. The number of rotatable bonds is 1. The van der Waals surface area contributed by atoms with E-state index in [0.29, 0.717) is 0 Å². The SMILES string of the molecule is Cc1ccccc1-c1c2cc3ccccc3n2cc[n+]1C. The van der Waals surface area contributed by atoms with E-state index in [4.69, 9.17) is 0 Å².